The molecule has 1 aromatic carbocycles. The topological polar surface area (TPSA) is 173 Å². The summed E-state index contributed by atoms with van der Waals surface area (Å²) in [5, 5.41) is 22.3. The molecule has 0 saturated heterocycles. The van der Waals surface area contributed by atoms with Crippen LogP contribution in [0.4, 0.5) is 0 Å². The van der Waals surface area contributed by atoms with Crippen molar-refractivity contribution < 1.29 is 44.5 Å². The second kappa shape index (κ2) is 15.6. The van der Waals surface area contributed by atoms with Gasteiger partial charge in [0.25, 0.3) is 20.8 Å². The molecule has 0 radical (unpaired) electrons. The zero-order chi connectivity index (χ0) is 35.3. The van der Waals surface area contributed by atoms with Gasteiger partial charge in [0, 0.05) is 5.56 Å². The Morgan fingerprint density at radius 2 is 1.55 bits per heavy atom. The van der Waals surface area contributed by atoms with Crippen LogP contribution in [-0.2, 0) is 27.2 Å². The lowest BCUT2D eigenvalue weighted by atomic mass is 9.57. The van der Waals surface area contributed by atoms with E-state index in [0.29, 0.717) is 25.7 Å². The molecule has 10 nitrogen and oxygen atoms in total. The molecule has 266 valence electrons. The van der Waals surface area contributed by atoms with Gasteiger partial charge < -0.3 is 27.7 Å². The Kier molecular flexibility index (Phi) is 13.0. The molecule has 12 heteroatoms. The number of hydrogen-bond acceptors (Lipinski definition) is 10. The van der Waals surface area contributed by atoms with E-state index in [0.717, 1.165) is 63.5 Å². The first-order chi connectivity index (χ1) is 21.6. The van der Waals surface area contributed by atoms with E-state index < -0.39 is 37.9 Å². The van der Waals surface area contributed by atoms with Crippen molar-refractivity contribution in [3.63, 3.8) is 0 Å². The molecule has 2 unspecified atom stereocenters. The standard InChI is InChI=1S/C35H54O10S2/c1-25(2)11-7-12-26(3)13-8-21-35(6,37)32(36)18-22-33(4)19-9-15-30-29(33)14-10-20-34(30,5)24-27-23-28(44-46(38,39)40)16-17-31(27)45-47(41,42)43/h11,13,16-17,23,32,36-37H,7-10,12,14-15,18-22,24H2,1-6H3,(H,38,39,40)(H,41,42,43)/p-2/b26-13+/t32?,33-,34-,35?/m0/s1. The molecule has 2 aliphatic carbocycles. The number of hydrogen-bond donors (Lipinski definition) is 2. The summed E-state index contributed by atoms with van der Waals surface area (Å²) >= 11 is 0. The average Bonchev–Trinajstić information content (AvgIpc) is 2.92. The van der Waals surface area contributed by atoms with E-state index in [9.17, 15) is 36.2 Å². The molecule has 4 atom stereocenters. The molecule has 47 heavy (non-hydrogen) atoms. The quantitative estimate of drug-likeness (QED) is 0.105. The minimum absolute atomic E-state index is 0.215. The Labute approximate surface area is 281 Å². The second-order valence-electron chi connectivity index (χ2n) is 14.5. The molecule has 0 bridgehead atoms. The zero-order valence-electron chi connectivity index (χ0n) is 28.6. The third-order valence-corrected chi connectivity index (χ3v) is 10.8. The Balaban J connectivity index is 1.80. The fraction of sp³-hybridized carbons (Fsp3) is 0.657. The molecule has 1 aromatic rings. The number of allylic oxidation sites excluding steroid dienone is 6. The van der Waals surface area contributed by atoms with Crippen molar-refractivity contribution >= 4 is 20.8 Å². The largest absolute Gasteiger partial charge is 0.716 e. The van der Waals surface area contributed by atoms with Crippen molar-refractivity contribution in [1.29, 1.82) is 0 Å². The van der Waals surface area contributed by atoms with Gasteiger partial charge in [-0.05, 0) is 140 Å². The third-order valence-electron chi connectivity index (χ3n) is 10.1. The molecule has 2 aliphatic rings. The SMILES string of the molecule is CC(C)=CCC/C(C)=C/CCC(C)(O)C(O)CC[C@]1(C)CCCC2=C1CCC[C@@]2(C)Cc1cc(OS(=O)(=O)[O-])ccc1OS(=O)(=O)[O-]. The first-order valence-corrected chi connectivity index (χ1v) is 19.2. The van der Waals surface area contributed by atoms with Gasteiger partial charge in [0.05, 0.1) is 11.7 Å². The van der Waals surface area contributed by atoms with Crippen LogP contribution in [-0.4, -0.2) is 47.9 Å². The van der Waals surface area contributed by atoms with Crippen LogP contribution in [0, 0.1) is 10.8 Å². The normalized spacial score (nSPS) is 24.3. The van der Waals surface area contributed by atoms with Crippen LogP contribution >= 0.6 is 0 Å². The van der Waals surface area contributed by atoms with Crippen LogP contribution < -0.4 is 8.37 Å². The Morgan fingerprint density at radius 1 is 0.957 bits per heavy atom. The minimum atomic E-state index is -5.13. The maximum atomic E-state index is 11.5. The van der Waals surface area contributed by atoms with Crippen LogP contribution in [0.1, 0.15) is 124 Å². The molecule has 0 heterocycles. The van der Waals surface area contributed by atoms with Gasteiger partial charge in [0.15, 0.2) is 0 Å². The van der Waals surface area contributed by atoms with E-state index in [2.05, 4.69) is 51.0 Å². The highest BCUT2D eigenvalue weighted by molar-refractivity contribution is 7.81. The smallest absolute Gasteiger partial charge is 0.262 e. The molecule has 0 amide bonds. The number of rotatable bonds is 16. The lowest BCUT2D eigenvalue weighted by Gasteiger charge is -2.48. The molecule has 0 aliphatic heterocycles. The maximum Gasteiger partial charge on any atom is 0.262 e. The van der Waals surface area contributed by atoms with Gasteiger partial charge in [-0.2, -0.15) is 0 Å². The van der Waals surface area contributed by atoms with Crippen LogP contribution in [0.25, 0.3) is 0 Å². The van der Waals surface area contributed by atoms with Crippen molar-refractivity contribution in [2.24, 2.45) is 10.8 Å². The first kappa shape index (κ1) is 39.2. The highest BCUT2D eigenvalue weighted by Gasteiger charge is 2.44. The summed E-state index contributed by atoms with van der Waals surface area (Å²) in [5.74, 6) is -0.547. The summed E-state index contributed by atoms with van der Waals surface area (Å²) in [5.41, 5.74) is 3.40. The summed E-state index contributed by atoms with van der Waals surface area (Å²) in [6.45, 7) is 12.2. The molecule has 0 fully saturated rings. The molecule has 0 saturated carbocycles. The van der Waals surface area contributed by atoms with Crippen molar-refractivity contribution in [3.05, 3.63) is 58.2 Å². The van der Waals surface area contributed by atoms with Gasteiger partial charge in [0.2, 0.25) is 0 Å². The van der Waals surface area contributed by atoms with E-state index in [1.165, 1.54) is 28.4 Å². The van der Waals surface area contributed by atoms with Crippen LogP contribution in [0.2, 0.25) is 0 Å². The first-order valence-electron chi connectivity index (χ1n) is 16.5. The fourth-order valence-corrected chi connectivity index (χ4v) is 8.15. The average molecular weight is 697 g/mol. The van der Waals surface area contributed by atoms with E-state index >= 15 is 0 Å². The maximum absolute atomic E-state index is 11.5. The molecule has 0 spiro atoms. The van der Waals surface area contributed by atoms with E-state index in [1.54, 1.807) is 6.92 Å². The molecule has 3 rings (SSSR count). The summed E-state index contributed by atoms with van der Waals surface area (Å²) in [4.78, 5) is 0. The van der Waals surface area contributed by atoms with Gasteiger partial charge in [-0.15, -0.1) is 0 Å². The lowest BCUT2D eigenvalue weighted by Crippen LogP contribution is -2.41. The van der Waals surface area contributed by atoms with E-state index in [4.69, 9.17) is 4.18 Å². The summed E-state index contributed by atoms with van der Waals surface area (Å²) < 4.78 is 77.4. The van der Waals surface area contributed by atoms with Gasteiger partial charge in [-0.3, -0.25) is 0 Å². The van der Waals surface area contributed by atoms with Gasteiger partial charge in [-0.1, -0.05) is 48.3 Å². The zero-order valence-corrected chi connectivity index (χ0v) is 30.3. The van der Waals surface area contributed by atoms with Crippen LogP contribution in [0.3, 0.4) is 0 Å². The Morgan fingerprint density at radius 3 is 2.15 bits per heavy atom. The third kappa shape index (κ3) is 11.7. The predicted molar refractivity (Wildman–Crippen MR) is 179 cm³/mol. The number of aliphatic hydroxyl groups is 2. The van der Waals surface area contributed by atoms with Crippen LogP contribution in [0.5, 0.6) is 11.5 Å². The van der Waals surface area contributed by atoms with Crippen molar-refractivity contribution in [3.8, 4) is 11.5 Å². The predicted octanol–water partition coefficient (Wildman–Crippen LogP) is 6.95. The lowest BCUT2D eigenvalue weighted by molar-refractivity contribution is -0.0732. The van der Waals surface area contributed by atoms with Crippen LogP contribution in [0.15, 0.2) is 52.6 Å². The second-order valence-corrected chi connectivity index (χ2v) is 16.5. The highest BCUT2D eigenvalue weighted by Crippen LogP contribution is 2.56. The van der Waals surface area contributed by atoms with Gasteiger partial charge in [-0.25, -0.2) is 16.8 Å². The summed E-state index contributed by atoms with van der Waals surface area (Å²) in [7, 11) is -10.2. The van der Waals surface area contributed by atoms with Gasteiger partial charge in [0.1, 0.15) is 11.5 Å². The summed E-state index contributed by atoms with van der Waals surface area (Å²) in [6.07, 6.45) is 13.0. The number of benzene rings is 1. The monoisotopic (exact) mass is 696 g/mol. The Bertz CT molecular complexity index is 1570. The van der Waals surface area contributed by atoms with E-state index in [-0.39, 0.29) is 28.9 Å². The Hall–Kier alpha value is -2.22. The molecular formula is C35H52O10S2-2. The van der Waals surface area contributed by atoms with Crippen molar-refractivity contribution in [2.75, 3.05) is 0 Å². The molecule has 2 N–H and O–H groups in total. The summed E-state index contributed by atoms with van der Waals surface area (Å²) in [6, 6.07) is 3.41. The van der Waals surface area contributed by atoms with E-state index in [1.807, 2.05) is 0 Å². The molecular weight excluding hydrogens is 645 g/mol. The fourth-order valence-electron chi connectivity index (χ4n) is 7.43. The minimum Gasteiger partial charge on any atom is -0.716 e. The highest BCUT2D eigenvalue weighted by atomic mass is 32.3. The number of aliphatic hydroxyl groups excluding tert-OH is 1. The van der Waals surface area contributed by atoms with Crippen molar-refractivity contribution in [1.82, 2.24) is 0 Å². The molecule has 0 aromatic heterocycles. The van der Waals surface area contributed by atoms with Crippen molar-refractivity contribution in [2.45, 2.75) is 137 Å². The van der Waals surface area contributed by atoms with Gasteiger partial charge >= 0.3 is 0 Å².